The number of benzene rings is 1. The minimum Gasteiger partial charge on any atom is -0.497 e. The van der Waals surface area contributed by atoms with Crippen molar-refractivity contribution in [2.75, 3.05) is 33.3 Å². The Morgan fingerprint density at radius 1 is 1.00 bits per heavy atom. The van der Waals surface area contributed by atoms with Crippen molar-refractivity contribution < 1.29 is 9.53 Å². The molecule has 2 saturated heterocycles. The number of fused-ring (bicyclic) bond motifs is 1. The summed E-state index contributed by atoms with van der Waals surface area (Å²) in [4.78, 5) is 23.2. The van der Waals surface area contributed by atoms with Gasteiger partial charge < -0.3 is 14.5 Å². The lowest BCUT2D eigenvalue weighted by molar-refractivity contribution is 0.116. The van der Waals surface area contributed by atoms with E-state index in [1.807, 2.05) is 46.5 Å². The molecule has 0 N–H and O–H groups in total. The van der Waals surface area contributed by atoms with Gasteiger partial charge >= 0.3 is 6.03 Å². The van der Waals surface area contributed by atoms with E-state index in [1.165, 1.54) is 5.56 Å². The van der Waals surface area contributed by atoms with Crippen LogP contribution >= 0.6 is 0 Å². The largest absolute Gasteiger partial charge is 0.497 e. The molecule has 2 amide bonds. The second-order valence-corrected chi connectivity index (χ2v) is 6.95. The lowest BCUT2D eigenvalue weighted by Gasteiger charge is -2.36. The van der Waals surface area contributed by atoms with Crippen LogP contribution in [0.2, 0.25) is 0 Å². The highest BCUT2D eigenvalue weighted by atomic mass is 16.5. The van der Waals surface area contributed by atoms with Crippen LogP contribution in [-0.4, -0.2) is 65.0 Å². The van der Waals surface area contributed by atoms with Crippen molar-refractivity contribution in [3.63, 3.8) is 0 Å². The average Bonchev–Trinajstić information content (AvgIpc) is 2.98. The summed E-state index contributed by atoms with van der Waals surface area (Å²) in [7, 11) is 1.66. The van der Waals surface area contributed by atoms with E-state index in [4.69, 9.17) is 4.74 Å². The summed E-state index contributed by atoms with van der Waals surface area (Å²) in [5.41, 5.74) is 2.40. The molecule has 0 saturated carbocycles. The Hall–Kier alpha value is -2.60. The highest BCUT2D eigenvalue weighted by molar-refractivity contribution is 5.77. The quantitative estimate of drug-likeness (QED) is 0.828. The third-order valence-corrected chi connectivity index (χ3v) is 5.20. The number of piperazine rings is 1. The molecule has 6 heteroatoms. The van der Waals surface area contributed by atoms with E-state index in [2.05, 4.69) is 22.0 Å². The molecule has 0 aliphatic carbocycles. The molecule has 136 valence electrons. The molecule has 1 atom stereocenters. The first-order valence-electron chi connectivity index (χ1n) is 9.02. The lowest BCUT2D eigenvalue weighted by Crippen LogP contribution is -2.51. The van der Waals surface area contributed by atoms with Gasteiger partial charge in [-0.05, 0) is 35.4 Å². The molecule has 26 heavy (non-hydrogen) atoms. The fourth-order valence-electron chi connectivity index (χ4n) is 3.82. The number of hydrogen-bond donors (Lipinski definition) is 0. The maximum Gasteiger partial charge on any atom is 0.320 e. The number of hydrogen-bond acceptors (Lipinski definition) is 4. The molecule has 2 aromatic rings. The zero-order valence-electron chi connectivity index (χ0n) is 15.0. The molecule has 4 rings (SSSR count). The van der Waals surface area contributed by atoms with E-state index in [0.717, 1.165) is 44.0 Å². The lowest BCUT2D eigenvalue weighted by atomic mass is 10.1. The molecule has 0 radical (unpaired) electrons. The fourth-order valence-corrected chi connectivity index (χ4v) is 3.82. The normalized spacial score (nSPS) is 20.3. The molecule has 2 aliphatic heterocycles. The maximum atomic E-state index is 12.7. The first-order chi connectivity index (χ1) is 12.7. The van der Waals surface area contributed by atoms with Gasteiger partial charge in [0.1, 0.15) is 5.75 Å². The minimum atomic E-state index is 0.161. The van der Waals surface area contributed by atoms with Crippen molar-refractivity contribution in [1.29, 1.82) is 0 Å². The second-order valence-electron chi connectivity index (χ2n) is 6.95. The Balaban J connectivity index is 1.37. The first-order valence-corrected chi connectivity index (χ1v) is 9.02. The van der Waals surface area contributed by atoms with Crippen LogP contribution in [0.5, 0.6) is 5.75 Å². The van der Waals surface area contributed by atoms with Crippen molar-refractivity contribution in [1.82, 2.24) is 19.7 Å². The molecular weight excluding hydrogens is 328 g/mol. The smallest absolute Gasteiger partial charge is 0.320 e. The Kier molecular flexibility index (Phi) is 4.75. The third kappa shape index (κ3) is 3.51. The molecule has 0 spiro atoms. The van der Waals surface area contributed by atoms with E-state index in [9.17, 15) is 4.79 Å². The molecule has 6 nitrogen and oxygen atoms in total. The van der Waals surface area contributed by atoms with Crippen molar-refractivity contribution in [2.45, 2.75) is 19.1 Å². The van der Waals surface area contributed by atoms with Gasteiger partial charge in [0, 0.05) is 51.7 Å². The Morgan fingerprint density at radius 2 is 1.73 bits per heavy atom. The summed E-state index contributed by atoms with van der Waals surface area (Å²) < 4.78 is 5.20. The molecule has 0 bridgehead atoms. The average molecular weight is 352 g/mol. The number of ether oxygens (including phenoxy) is 1. The van der Waals surface area contributed by atoms with Gasteiger partial charge in [0.15, 0.2) is 0 Å². The summed E-state index contributed by atoms with van der Waals surface area (Å²) in [6.07, 6.45) is 3.67. The maximum absolute atomic E-state index is 12.7. The fraction of sp³-hybridized carbons (Fsp3) is 0.400. The number of carbonyl (C=O) groups is 1. The van der Waals surface area contributed by atoms with Crippen molar-refractivity contribution in [3.8, 4) is 5.75 Å². The van der Waals surface area contributed by atoms with Crippen LogP contribution in [0.25, 0.3) is 0 Å². The Bertz CT molecular complexity index is 750. The Morgan fingerprint density at radius 3 is 2.46 bits per heavy atom. The number of pyridine rings is 1. The van der Waals surface area contributed by atoms with Crippen LogP contribution in [0.15, 0.2) is 48.8 Å². The van der Waals surface area contributed by atoms with Crippen LogP contribution in [0, 0.1) is 0 Å². The van der Waals surface area contributed by atoms with Crippen LogP contribution in [-0.2, 0) is 13.1 Å². The first kappa shape index (κ1) is 16.8. The number of nitrogens with zero attached hydrogens (tertiary/aromatic N) is 4. The zero-order valence-corrected chi connectivity index (χ0v) is 15.0. The predicted molar refractivity (Wildman–Crippen MR) is 98.8 cm³/mol. The molecule has 3 heterocycles. The molecule has 0 unspecified atom stereocenters. The van der Waals surface area contributed by atoms with E-state index in [-0.39, 0.29) is 12.1 Å². The number of carbonyl (C=O) groups excluding carboxylic acids is 1. The van der Waals surface area contributed by atoms with Crippen LogP contribution in [0.3, 0.4) is 0 Å². The van der Waals surface area contributed by atoms with Gasteiger partial charge in [-0.15, -0.1) is 0 Å². The van der Waals surface area contributed by atoms with Crippen LogP contribution in [0.1, 0.15) is 11.1 Å². The van der Waals surface area contributed by atoms with E-state index in [1.54, 1.807) is 7.11 Å². The standard InChI is InChI=1S/C20H24N4O2/c1-26-19-4-2-16(3-5-19)13-23-15-18-14-22(10-11-24(18)20(23)25)12-17-6-8-21-9-7-17/h2-9,18H,10-15H2,1H3/t18-/m1/s1. The molecular formula is C20H24N4O2. The summed E-state index contributed by atoms with van der Waals surface area (Å²) in [5.74, 6) is 0.839. The number of aromatic nitrogens is 1. The number of urea groups is 1. The predicted octanol–water partition coefficient (Wildman–Crippen LogP) is 2.21. The highest BCUT2D eigenvalue weighted by Gasteiger charge is 2.40. The van der Waals surface area contributed by atoms with Gasteiger partial charge in [-0.3, -0.25) is 9.88 Å². The van der Waals surface area contributed by atoms with E-state index in [0.29, 0.717) is 6.54 Å². The van der Waals surface area contributed by atoms with Gasteiger partial charge in [0.25, 0.3) is 0 Å². The van der Waals surface area contributed by atoms with Crippen LogP contribution < -0.4 is 4.74 Å². The number of rotatable bonds is 5. The van der Waals surface area contributed by atoms with Gasteiger partial charge in [0.2, 0.25) is 0 Å². The third-order valence-electron chi connectivity index (χ3n) is 5.20. The van der Waals surface area contributed by atoms with Crippen molar-refractivity contribution in [2.24, 2.45) is 0 Å². The van der Waals surface area contributed by atoms with Gasteiger partial charge in [-0.2, -0.15) is 0 Å². The summed E-state index contributed by atoms with van der Waals surface area (Å²) >= 11 is 0. The molecule has 2 fully saturated rings. The molecule has 1 aromatic heterocycles. The number of methoxy groups -OCH3 is 1. The topological polar surface area (TPSA) is 48.9 Å². The monoisotopic (exact) mass is 352 g/mol. The van der Waals surface area contributed by atoms with Gasteiger partial charge in [0.05, 0.1) is 13.2 Å². The van der Waals surface area contributed by atoms with Crippen molar-refractivity contribution >= 4 is 6.03 Å². The zero-order chi connectivity index (χ0) is 17.9. The van der Waals surface area contributed by atoms with E-state index >= 15 is 0 Å². The summed E-state index contributed by atoms with van der Waals surface area (Å²) in [6.45, 7) is 5.00. The van der Waals surface area contributed by atoms with E-state index < -0.39 is 0 Å². The van der Waals surface area contributed by atoms with Crippen molar-refractivity contribution in [3.05, 3.63) is 59.9 Å². The minimum absolute atomic E-state index is 0.161. The summed E-state index contributed by atoms with van der Waals surface area (Å²) in [6, 6.07) is 12.5. The molecule has 2 aliphatic rings. The SMILES string of the molecule is COc1ccc(CN2C[C@H]3CN(Cc4ccncc4)CCN3C2=O)cc1. The highest BCUT2D eigenvalue weighted by Crippen LogP contribution is 2.24. The summed E-state index contributed by atoms with van der Waals surface area (Å²) in [5, 5.41) is 0. The Labute approximate surface area is 154 Å². The molecule has 1 aromatic carbocycles. The number of amides is 2. The van der Waals surface area contributed by atoms with Crippen LogP contribution in [0.4, 0.5) is 4.79 Å². The van der Waals surface area contributed by atoms with Gasteiger partial charge in [-0.1, -0.05) is 12.1 Å². The van der Waals surface area contributed by atoms with Gasteiger partial charge in [-0.25, -0.2) is 4.79 Å². The second kappa shape index (κ2) is 7.33.